The van der Waals surface area contributed by atoms with Gasteiger partial charge in [-0.15, -0.1) is 0 Å². The monoisotopic (exact) mass is 350 g/mol. The van der Waals surface area contributed by atoms with Crippen LogP contribution < -0.4 is 15.6 Å². The van der Waals surface area contributed by atoms with Crippen molar-refractivity contribution in [3.63, 3.8) is 0 Å². The first-order valence-corrected chi connectivity index (χ1v) is 8.57. The van der Waals surface area contributed by atoms with Crippen LogP contribution in [0.15, 0.2) is 53.3 Å². The predicted octanol–water partition coefficient (Wildman–Crippen LogP) is 3.09. The number of hydrogen-bond donors (Lipinski definition) is 2. The number of H-pyrrole nitrogens is 1. The summed E-state index contributed by atoms with van der Waals surface area (Å²) in [6.45, 7) is 2.20. The van der Waals surface area contributed by atoms with Crippen LogP contribution in [0.1, 0.15) is 23.1 Å². The van der Waals surface area contributed by atoms with E-state index >= 15 is 0 Å². The standard InChI is InChI=1S/C21H22N2O3/c1-14-3-7-16-12-17(21(25)23-19(16)11-14)13-22-20(24)10-6-15-4-8-18(26-2)9-5-15/h3-5,7-9,11-12H,6,10,13H2,1-2H3,(H,22,24)(H,23,25). The van der Waals surface area contributed by atoms with Crippen LogP contribution in [-0.2, 0) is 17.8 Å². The Morgan fingerprint density at radius 1 is 1.12 bits per heavy atom. The van der Waals surface area contributed by atoms with Gasteiger partial charge in [-0.25, -0.2) is 0 Å². The lowest BCUT2D eigenvalue weighted by atomic mass is 10.1. The number of nitrogens with one attached hydrogen (secondary N) is 2. The molecule has 0 atom stereocenters. The Morgan fingerprint density at radius 3 is 2.62 bits per heavy atom. The van der Waals surface area contributed by atoms with E-state index in [4.69, 9.17) is 4.74 Å². The van der Waals surface area contributed by atoms with Crippen molar-refractivity contribution in [2.24, 2.45) is 0 Å². The number of aromatic nitrogens is 1. The minimum absolute atomic E-state index is 0.0794. The lowest BCUT2D eigenvalue weighted by Gasteiger charge is -2.07. The van der Waals surface area contributed by atoms with Gasteiger partial charge in [0.25, 0.3) is 5.56 Å². The number of benzene rings is 2. The number of amides is 1. The Morgan fingerprint density at radius 2 is 1.88 bits per heavy atom. The van der Waals surface area contributed by atoms with Gasteiger partial charge in [0.05, 0.1) is 7.11 Å². The van der Waals surface area contributed by atoms with Crippen molar-refractivity contribution in [3.8, 4) is 5.75 Å². The fourth-order valence-corrected chi connectivity index (χ4v) is 2.82. The second-order valence-corrected chi connectivity index (χ2v) is 6.34. The zero-order chi connectivity index (χ0) is 18.5. The fourth-order valence-electron chi connectivity index (χ4n) is 2.82. The molecule has 26 heavy (non-hydrogen) atoms. The van der Waals surface area contributed by atoms with E-state index in [-0.39, 0.29) is 18.0 Å². The number of pyridine rings is 1. The molecule has 0 spiro atoms. The lowest BCUT2D eigenvalue weighted by molar-refractivity contribution is -0.121. The number of fused-ring (bicyclic) bond motifs is 1. The molecule has 2 aromatic carbocycles. The molecule has 0 aliphatic rings. The van der Waals surface area contributed by atoms with E-state index in [0.29, 0.717) is 18.4 Å². The molecule has 0 fully saturated rings. The summed E-state index contributed by atoms with van der Waals surface area (Å²) in [5, 5.41) is 3.78. The molecule has 1 aromatic heterocycles. The average molecular weight is 350 g/mol. The van der Waals surface area contributed by atoms with Crippen LogP contribution in [0.25, 0.3) is 10.9 Å². The van der Waals surface area contributed by atoms with Gasteiger partial charge in [0.15, 0.2) is 0 Å². The highest BCUT2D eigenvalue weighted by molar-refractivity contribution is 5.80. The molecule has 0 radical (unpaired) electrons. The van der Waals surface area contributed by atoms with Gasteiger partial charge in [0, 0.05) is 24.0 Å². The molecule has 0 saturated heterocycles. The van der Waals surface area contributed by atoms with Crippen molar-refractivity contribution in [3.05, 3.63) is 75.6 Å². The molecular weight excluding hydrogens is 328 g/mol. The topological polar surface area (TPSA) is 71.2 Å². The van der Waals surface area contributed by atoms with E-state index in [0.717, 1.165) is 27.8 Å². The normalized spacial score (nSPS) is 10.7. The Balaban J connectivity index is 1.58. The summed E-state index contributed by atoms with van der Waals surface area (Å²) in [5.41, 5.74) is 3.36. The Labute approximate surface area is 152 Å². The van der Waals surface area contributed by atoms with E-state index in [1.165, 1.54) is 0 Å². The summed E-state index contributed by atoms with van der Waals surface area (Å²) in [5.74, 6) is 0.716. The molecule has 134 valence electrons. The molecule has 0 unspecified atom stereocenters. The van der Waals surface area contributed by atoms with Gasteiger partial charge in [0.2, 0.25) is 5.91 Å². The third kappa shape index (κ3) is 4.30. The zero-order valence-corrected chi connectivity index (χ0v) is 15.0. The molecule has 5 nitrogen and oxygen atoms in total. The number of carbonyl (C=O) groups is 1. The average Bonchev–Trinajstić information content (AvgIpc) is 2.65. The molecule has 1 heterocycles. The molecule has 3 aromatic rings. The maximum Gasteiger partial charge on any atom is 0.253 e. The quantitative estimate of drug-likeness (QED) is 0.718. The molecule has 5 heteroatoms. The summed E-state index contributed by atoms with van der Waals surface area (Å²) < 4.78 is 5.12. The van der Waals surface area contributed by atoms with E-state index in [1.54, 1.807) is 7.11 Å². The van der Waals surface area contributed by atoms with Crippen LogP contribution in [0.3, 0.4) is 0 Å². The second kappa shape index (κ2) is 7.87. The van der Waals surface area contributed by atoms with Gasteiger partial charge < -0.3 is 15.0 Å². The minimum Gasteiger partial charge on any atom is -0.497 e. The Bertz CT molecular complexity index is 975. The third-order valence-corrected chi connectivity index (χ3v) is 4.35. The van der Waals surface area contributed by atoms with Gasteiger partial charge in [-0.1, -0.05) is 24.3 Å². The third-order valence-electron chi connectivity index (χ3n) is 4.35. The van der Waals surface area contributed by atoms with E-state index < -0.39 is 0 Å². The summed E-state index contributed by atoms with van der Waals surface area (Å²) in [6, 6.07) is 15.4. The van der Waals surface area contributed by atoms with Gasteiger partial charge >= 0.3 is 0 Å². The van der Waals surface area contributed by atoms with Crippen LogP contribution >= 0.6 is 0 Å². The number of carbonyl (C=O) groups excluding carboxylic acids is 1. The number of aromatic amines is 1. The highest BCUT2D eigenvalue weighted by Crippen LogP contribution is 2.14. The van der Waals surface area contributed by atoms with E-state index in [1.807, 2.05) is 55.5 Å². The van der Waals surface area contributed by atoms with Crippen LogP contribution in [0, 0.1) is 6.92 Å². The van der Waals surface area contributed by atoms with Gasteiger partial charge in [0.1, 0.15) is 5.75 Å². The van der Waals surface area contributed by atoms with Gasteiger partial charge in [-0.05, 0) is 54.1 Å². The summed E-state index contributed by atoms with van der Waals surface area (Å²) in [6.07, 6.45) is 1.01. The van der Waals surface area contributed by atoms with Crippen LogP contribution in [-0.4, -0.2) is 18.0 Å². The maximum atomic E-state index is 12.2. The summed E-state index contributed by atoms with van der Waals surface area (Å²) >= 11 is 0. The molecule has 0 saturated carbocycles. The van der Waals surface area contributed by atoms with Crippen molar-refractivity contribution in [1.29, 1.82) is 0 Å². The first-order valence-electron chi connectivity index (χ1n) is 8.57. The summed E-state index contributed by atoms with van der Waals surface area (Å²) in [7, 11) is 1.62. The summed E-state index contributed by atoms with van der Waals surface area (Å²) in [4.78, 5) is 27.1. The number of ether oxygens (including phenoxy) is 1. The molecular formula is C21H22N2O3. The van der Waals surface area contributed by atoms with Crippen molar-refractivity contribution >= 4 is 16.8 Å². The Hall–Kier alpha value is -3.08. The van der Waals surface area contributed by atoms with Crippen molar-refractivity contribution in [2.75, 3.05) is 7.11 Å². The van der Waals surface area contributed by atoms with Crippen molar-refractivity contribution < 1.29 is 9.53 Å². The van der Waals surface area contributed by atoms with Crippen molar-refractivity contribution in [1.82, 2.24) is 10.3 Å². The molecule has 0 aliphatic heterocycles. The molecule has 1 amide bonds. The van der Waals surface area contributed by atoms with Crippen molar-refractivity contribution in [2.45, 2.75) is 26.3 Å². The SMILES string of the molecule is COc1ccc(CCC(=O)NCc2cc3ccc(C)cc3[nH]c2=O)cc1. The smallest absolute Gasteiger partial charge is 0.253 e. The number of aryl methyl sites for hydroxylation is 2. The fraction of sp³-hybridized carbons (Fsp3) is 0.238. The first kappa shape index (κ1) is 17.7. The van der Waals surface area contributed by atoms with Crippen LogP contribution in [0.2, 0.25) is 0 Å². The van der Waals surface area contributed by atoms with Crippen LogP contribution in [0.5, 0.6) is 5.75 Å². The molecule has 2 N–H and O–H groups in total. The zero-order valence-electron chi connectivity index (χ0n) is 15.0. The van der Waals surface area contributed by atoms with Gasteiger partial charge in [-0.3, -0.25) is 9.59 Å². The number of hydrogen-bond acceptors (Lipinski definition) is 3. The number of methoxy groups -OCH3 is 1. The maximum absolute atomic E-state index is 12.2. The molecule has 3 rings (SSSR count). The second-order valence-electron chi connectivity index (χ2n) is 6.34. The Kier molecular flexibility index (Phi) is 5.37. The number of rotatable bonds is 6. The highest BCUT2D eigenvalue weighted by atomic mass is 16.5. The lowest BCUT2D eigenvalue weighted by Crippen LogP contribution is -2.26. The van der Waals surface area contributed by atoms with Crippen LogP contribution in [0.4, 0.5) is 0 Å². The molecule has 0 bridgehead atoms. The molecule has 0 aliphatic carbocycles. The predicted molar refractivity (Wildman–Crippen MR) is 102 cm³/mol. The first-order chi connectivity index (χ1) is 12.5. The van der Waals surface area contributed by atoms with Gasteiger partial charge in [-0.2, -0.15) is 0 Å². The highest BCUT2D eigenvalue weighted by Gasteiger charge is 2.07. The minimum atomic E-state index is -0.168. The largest absolute Gasteiger partial charge is 0.497 e. The van der Waals surface area contributed by atoms with E-state index in [9.17, 15) is 9.59 Å². The van der Waals surface area contributed by atoms with E-state index in [2.05, 4.69) is 10.3 Å².